The summed E-state index contributed by atoms with van der Waals surface area (Å²) in [5, 5.41) is 25.7. The van der Waals surface area contributed by atoms with Crippen molar-refractivity contribution in [3.8, 4) is 5.75 Å². The first-order valence-electron chi connectivity index (χ1n) is 13.6. The Labute approximate surface area is 247 Å². The van der Waals surface area contributed by atoms with Crippen molar-refractivity contribution in [2.45, 2.75) is 63.4 Å². The summed E-state index contributed by atoms with van der Waals surface area (Å²) < 4.78 is 76.5. The predicted molar refractivity (Wildman–Crippen MR) is 139 cm³/mol. The van der Waals surface area contributed by atoms with Crippen LogP contribution in [0.4, 0.5) is 22.0 Å². The average molecular weight is 629 g/mol. The number of hydrogen-bond donors (Lipinski definition) is 4. The summed E-state index contributed by atoms with van der Waals surface area (Å²) in [6, 6.07) is -2.37. The number of halogens is 5. The number of hydrogen-bond acceptors (Lipinski definition) is 8. The van der Waals surface area contributed by atoms with Crippen LogP contribution in [0.2, 0.25) is 0 Å². The van der Waals surface area contributed by atoms with E-state index in [0.29, 0.717) is 12.8 Å². The molecule has 238 valence electrons. The van der Waals surface area contributed by atoms with Crippen LogP contribution in [0.5, 0.6) is 5.75 Å². The maximum atomic E-state index is 14.7. The number of carbonyl (C=O) groups is 4. The molecular formula is C28H29F5N4O7. The molecule has 1 aromatic carbocycles. The molecule has 2 fully saturated rings. The molecule has 1 saturated heterocycles. The molecule has 0 bridgehead atoms. The van der Waals surface area contributed by atoms with Gasteiger partial charge >= 0.3 is 5.97 Å². The lowest BCUT2D eigenvalue weighted by Crippen LogP contribution is -2.61. The lowest BCUT2D eigenvalue weighted by atomic mass is 9.90. The van der Waals surface area contributed by atoms with E-state index in [0.717, 1.165) is 11.0 Å². The van der Waals surface area contributed by atoms with E-state index in [2.05, 4.69) is 15.6 Å². The number of cyclic esters (lactones) is 1. The summed E-state index contributed by atoms with van der Waals surface area (Å²) in [5.41, 5.74) is -1.89. The van der Waals surface area contributed by atoms with Gasteiger partial charge in [0.25, 0.3) is 5.91 Å². The minimum atomic E-state index is -2.42. The van der Waals surface area contributed by atoms with Crippen LogP contribution in [0.25, 0.3) is 0 Å². The largest absolute Gasteiger partial charge is 0.505 e. The Morgan fingerprint density at radius 1 is 1.07 bits per heavy atom. The Kier molecular flexibility index (Phi) is 9.41. The molecule has 0 radical (unpaired) electrons. The Bertz CT molecular complexity index is 1460. The number of rotatable bonds is 5. The van der Waals surface area contributed by atoms with Gasteiger partial charge in [-0.2, -0.15) is 0 Å². The SMILES string of the molecule is C[C@H]1OC(=O)C(C2CC2)N(C)C(=O)[C@H](C)[C@H](O)[C@H](Cc2c(F)c(F)c(F)c(F)c2F)NC(=O)[C@H]1NC(=O)c1ncccc1O. The summed E-state index contributed by atoms with van der Waals surface area (Å²) in [6.45, 7) is 2.41. The van der Waals surface area contributed by atoms with Gasteiger partial charge in [-0.25, -0.2) is 31.7 Å². The number of pyridine rings is 1. The van der Waals surface area contributed by atoms with Crippen molar-refractivity contribution < 1.29 is 56.1 Å². The number of carbonyl (C=O) groups excluding carboxylic acids is 4. The number of esters is 1. The van der Waals surface area contributed by atoms with Crippen LogP contribution in [0.15, 0.2) is 18.3 Å². The highest BCUT2D eigenvalue weighted by molar-refractivity contribution is 5.98. The molecule has 2 aromatic rings. The number of benzene rings is 1. The third-order valence-electron chi connectivity index (χ3n) is 7.78. The number of nitrogens with one attached hydrogen (secondary N) is 2. The van der Waals surface area contributed by atoms with E-state index in [1.807, 2.05) is 0 Å². The maximum Gasteiger partial charge on any atom is 0.329 e. The summed E-state index contributed by atoms with van der Waals surface area (Å²) in [4.78, 5) is 57.9. The molecule has 1 unspecified atom stereocenters. The quantitative estimate of drug-likeness (QED) is 0.168. The zero-order chi connectivity index (χ0) is 32.6. The molecule has 44 heavy (non-hydrogen) atoms. The topological polar surface area (TPSA) is 158 Å². The maximum absolute atomic E-state index is 14.7. The van der Waals surface area contributed by atoms with E-state index in [9.17, 15) is 51.3 Å². The molecule has 2 heterocycles. The van der Waals surface area contributed by atoms with Gasteiger partial charge in [-0.15, -0.1) is 0 Å². The smallest absolute Gasteiger partial charge is 0.329 e. The highest BCUT2D eigenvalue weighted by Gasteiger charge is 2.46. The van der Waals surface area contributed by atoms with Crippen LogP contribution in [0.3, 0.4) is 0 Å². The van der Waals surface area contributed by atoms with Crippen molar-refractivity contribution in [2.75, 3.05) is 7.05 Å². The number of likely N-dealkylation sites (N-methyl/N-ethyl adjacent to an activating group) is 1. The Morgan fingerprint density at radius 2 is 1.66 bits per heavy atom. The van der Waals surface area contributed by atoms with Gasteiger partial charge in [0, 0.05) is 25.2 Å². The van der Waals surface area contributed by atoms with Crippen molar-refractivity contribution in [3.05, 3.63) is 58.7 Å². The molecule has 2 aliphatic rings. The zero-order valence-electron chi connectivity index (χ0n) is 23.6. The average Bonchev–Trinajstić information content (AvgIpc) is 3.82. The van der Waals surface area contributed by atoms with Gasteiger partial charge in [-0.05, 0) is 37.8 Å². The lowest BCUT2D eigenvalue weighted by Gasteiger charge is -2.36. The summed E-state index contributed by atoms with van der Waals surface area (Å²) >= 11 is 0. The fraction of sp³-hybridized carbons (Fsp3) is 0.464. The van der Waals surface area contributed by atoms with E-state index in [1.165, 1.54) is 33.2 Å². The molecule has 1 aliphatic heterocycles. The predicted octanol–water partition coefficient (Wildman–Crippen LogP) is 1.49. The second-order valence-corrected chi connectivity index (χ2v) is 10.8. The van der Waals surface area contributed by atoms with Crippen LogP contribution in [-0.4, -0.2) is 81.2 Å². The standard InChI is InChI=1S/C28H29F5N4O7/c1-10-24(39)14(9-13-16(29)18(31)20(33)19(32)17(13)30)35-25(40)21(36-26(41)22-15(38)5-4-8-34-22)11(2)44-28(43)23(12-6-7-12)37(3)27(10)42/h4-5,8,10-12,14,21,23-24,38-39H,6-7,9H2,1-3H3,(H,35,40)(H,36,41)/t10-,11-,14+,21+,23?,24+/m1/s1. The minimum Gasteiger partial charge on any atom is -0.505 e. The van der Waals surface area contributed by atoms with Crippen molar-refractivity contribution in [2.24, 2.45) is 11.8 Å². The molecule has 11 nitrogen and oxygen atoms in total. The van der Waals surface area contributed by atoms with E-state index >= 15 is 0 Å². The van der Waals surface area contributed by atoms with E-state index in [1.54, 1.807) is 0 Å². The van der Waals surface area contributed by atoms with Gasteiger partial charge in [0.15, 0.2) is 29.0 Å². The third kappa shape index (κ3) is 6.30. The normalized spacial score (nSPS) is 26.8. The number of aliphatic hydroxyl groups excluding tert-OH is 1. The molecule has 1 aliphatic carbocycles. The Balaban J connectivity index is 1.78. The van der Waals surface area contributed by atoms with Gasteiger partial charge < -0.3 is 30.5 Å². The number of aromatic nitrogens is 1. The number of aromatic hydroxyl groups is 1. The van der Waals surface area contributed by atoms with E-state index < -0.39 is 112 Å². The van der Waals surface area contributed by atoms with Crippen LogP contribution in [-0.2, 0) is 25.5 Å². The fourth-order valence-electron chi connectivity index (χ4n) is 5.11. The second-order valence-electron chi connectivity index (χ2n) is 10.8. The first-order valence-corrected chi connectivity index (χ1v) is 13.6. The fourth-order valence-corrected chi connectivity index (χ4v) is 5.11. The van der Waals surface area contributed by atoms with Gasteiger partial charge in [-0.1, -0.05) is 6.92 Å². The molecular weight excluding hydrogens is 599 g/mol. The highest BCUT2D eigenvalue weighted by atomic mass is 19.2. The number of ether oxygens (including phenoxy) is 1. The number of aliphatic hydroxyl groups is 1. The van der Waals surface area contributed by atoms with Gasteiger partial charge in [0.05, 0.1) is 18.1 Å². The molecule has 1 saturated carbocycles. The van der Waals surface area contributed by atoms with Crippen molar-refractivity contribution >= 4 is 23.7 Å². The second kappa shape index (κ2) is 12.7. The Hall–Kier alpha value is -4.34. The highest BCUT2D eigenvalue weighted by Crippen LogP contribution is 2.37. The molecule has 1 aromatic heterocycles. The Morgan fingerprint density at radius 3 is 2.23 bits per heavy atom. The van der Waals surface area contributed by atoms with Gasteiger partial charge in [0.1, 0.15) is 23.9 Å². The zero-order valence-corrected chi connectivity index (χ0v) is 23.6. The number of nitrogens with zero attached hydrogens (tertiary/aromatic N) is 2. The molecule has 6 atom stereocenters. The summed E-state index contributed by atoms with van der Waals surface area (Å²) in [5.74, 6) is -17.8. The van der Waals surface area contributed by atoms with E-state index in [-0.39, 0.29) is 5.92 Å². The summed E-state index contributed by atoms with van der Waals surface area (Å²) in [6.07, 6.45) is -2.39. The van der Waals surface area contributed by atoms with Crippen LogP contribution < -0.4 is 10.6 Å². The lowest BCUT2D eigenvalue weighted by molar-refractivity contribution is -0.164. The summed E-state index contributed by atoms with van der Waals surface area (Å²) in [7, 11) is 1.27. The van der Waals surface area contributed by atoms with Crippen molar-refractivity contribution in [1.29, 1.82) is 0 Å². The molecule has 4 rings (SSSR count). The molecule has 3 amide bonds. The number of amides is 3. The molecule has 0 spiro atoms. The van der Waals surface area contributed by atoms with Crippen LogP contribution in [0, 0.1) is 40.9 Å². The molecule has 16 heteroatoms. The van der Waals surface area contributed by atoms with Crippen molar-refractivity contribution in [3.63, 3.8) is 0 Å². The van der Waals surface area contributed by atoms with Crippen LogP contribution >= 0.6 is 0 Å². The monoisotopic (exact) mass is 628 g/mol. The van der Waals surface area contributed by atoms with Crippen molar-refractivity contribution in [1.82, 2.24) is 20.5 Å². The van der Waals surface area contributed by atoms with Gasteiger partial charge in [-0.3, -0.25) is 14.4 Å². The first kappa shape index (κ1) is 32.6. The first-order chi connectivity index (χ1) is 20.6. The molecule has 4 N–H and O–H groups in total. The van der Waals surface area contributed by atoms with E-state index in [4.69, 9.17) is 4.74 Å². The van der Waals surface area contributed by atoms with Gasteiger partial charge in [0.2, 0.25) is 17.6 Å². The third-order valence-corrected chi connectivity index (χ3v) is 7.78. The van der Waals surface area contributed by atoms with Crippen LogP contribution in [0.1, 0.15) is 42.7 Å². The minimum absolute atomic E-state index is 0.326.